The molecule has 0 aromatic heterocycles. The Morgan fingerprint density at radius 3 is 0.714 bits per heavy atom. The smallest absolute Gasteiger partial charge is 0.306 e. The van der Waals surface area contributed by atoms with Crippen LogP contribution in [0.25, 0.3) is 0 Å². The predicted molar refractivity (Wildman–Crippen MR) is 238 cm³/mol. The lowest BCUT2D eigenvalue weighted by Gasteiger charge is -2.18. The zero-order valence-electron chi connectivity index (χ0n) is 37.9. The van der Waals surface area contributed by atoms with E-state index in [-0.39, 0.29) is 31.1 Å². The van der Waals surface area contributed by atoms with Gasteiger partial charge in [0, 0.05) is 19.3 Å². The van der Waals surface area contributed by atoms with Gasteiger partial charge in [-0.2, -0.15) is 0 Å². The molecular formula is C50H96O6. The van der Waals surface area contributed by atoms with E-state index in [4.69, 9.17) is 14.2 Å². The standard InChI is InChI=1S/C50H96O6/c1-4-7-10-13-16-19-21-22-23-24-25-26-27-28-29-32-34-37-40-43-49(52)55-46-47(56-50(53)44-41-38-35-30-18-15-12-9-6-3)45-54-48(51)42-39-36-33-31-20-17-14-11-8-5-2/h47H,4-46H2,1-3H3/t47-/m0/s1. The molecule has 332 valence electrons. The Hall–Kier alpha value is -1.59. The molecular weight excluding hydrogens is 697 g/mol. The highest BCUT2D eigenvalue weighted by molar-refractivity contribution is 5.71. The largest absolute Gasteiger partial charge is 0.462 e. The number of rotatable bonds is 46. The van der Waals surface area contributed by atoms with Gasteiger partial charge in [0.25, 0.3) is 0 Å². The maximum absolute atomic E-state index is 12.7. The molecule has 1 atom stereocenters. The van der Waals surface area contributed by atoms with Crippen molar-refractivity contribution >= 4 is 17.9 Å². The maximum Gasteiger partial charge on any atom is 0.306 e. The van der Waals surface area contributed by atoms with Crippen molar-refractivity contribution in [2.45, 2.75) is 290 Å². The first-order valence-electron chi connectivity index (χ1n) is 25.0. The van der Waals surface area contributed by atoms with E-state index in [2.05, 4.69) is 20.8 Å². The van der Waals surface area contributed by atoms with Crippen molar-refractivity contribution in [2.24, 2.45) is 0 Å². The summed E-state index contributed by atoms with van der Waals surface area (Å²) in [4.78, 5) is 37.7. The summed E-state index contributed by atoms with van der Waals surface area (Å²) in [6, 6.07) is 0. The molecule has 56 heavy (non-hydrogen) atoms. The van der Waals surface area contributed by atoms with Crippen LogP contribution in [-0.4, -0.2) is 37.2 Å². The Kier molecular flexibility index (Phi) is 44.8. The summed E-state index contributed by atoms with van der Waals surface area (Å²) in [7, 11) is 0. The van der Waals surface area contributed by atoms with Crippen LogP contribution in [-0.2, 0) is 28.6 Å². The molecule has 0 heterocycles. The zero-order valence-corrected chi connectivity index (χ0v) is 37.9. The number of esters is 3. The molecule has 0 bridgehead atoms. The SMILES string of the molecule is CCCCCCCCCCCCCCCCCCCCCC(=O)OC[C@H](COC(=O)CCCCCCCCCCCC)OC(=O)CCCCCCCCCCC. The molecule has 0 N–H and O–H groups in total. The van der Waals surface area contributed by atoms with Gasteiger partial charge in [0.05, 0.1) is 0 Å². The third-order valence-corrected chi connectivity index (χ3v) is 11.4. The molecule has 6 heteroatoms. The maximum atomic E-state index is 12.7. The third-order valence-electron chi connectivity index (χ3n) is 11.4. The first kappa shape index (κ1) is 54.4. The molecule has 0 aliphatic heterocycles. The topological polar surface area (TPSA) is 78.9 Å². The van der Waals surface area contributed by atoms with Crippen LogP contribution >= 0.6 is 0 Å². The van der Waals surface area contributed by atoms with Gasteiger partial charge in [-0.05, 0) is 19.3 Å². The quantitative estimate of drug-likeness (QED) is 0.0347. The number of unbranched alkanes of at least 4 members (excludes halogenated alkanes) is 35. The van der Waals surface area contributed by atoms with Gasteiger partial charge in [-0.1, -0.05) is 245 Å². The zero-order chi connectivity index (χ0) is 40.8. The van der Waals surface area contributed by atoms with Gasteiger partial charge in [0.2, 0.25) is 0 Å². The van der Waals surface area contributed by atoms with Crippen molar-refractivity contribution in [3.63, 3.8) is 0 Å². The average molecular weight is 793 g/mol. The molecule has 0 amide bonds. The second kappa shape index (κ2) is 46.1. The lowest BCUT2D eigenvalue weighted by Crippen LogP contribution is -2.30. The molecule has 0 saturated heterocycles. The summed E-state index contributed by atoms with van der Waals surface area (Å²) < 4.78 is 16.7. The summed E-state index contributed by atoms with van der Waals surface area (Å²) in [5.74, 6) is -0.850. The molecule has 0 radical (unpaired) electrons. The molecule has 0 aromatic rings. The van der Waals surface area contributed by atoms with E-state index in [1.807, 2.05) is 0 Å². The predicted octanol–water partition coefficient (Wildman–Crippen LogP) is 16.0. The first-order valence-corrected chi connectivity index (χ1v) is 25.0. The molecule has 0 aromatic carbocycles. The fourth-order valence-electron chi connectivity index (χ4n) is 7.56. The number of carbonyl (C=O) groups is 3. The van der Waals surface area contributed by atoms with Gasteiger partial charge in [-0.15, -0.1) is 0 Å². The van der Waals surface area contributed by atoms with Crippen molar-refractivity contribution in [3.8, 4) is 0 Å². The fraction of sp³-hybridized carbons (Fsp3) is 0.940. The minimum atomic E-state index is -0.758. The van der Waals surface area contributed by atoms with E-state index in [9.17, 15) is 14.4 Å². The van der Waals surface area contributed by atoms with Crippen LogP contribution in [0, 0.1) is 0 Å². The van der Waals surface area contributed by atoms with Crippen LogP contribution in [0.3, 0.4) is 0 Å². The van der Waals surface area contributed by atoms with Gasteiger partial charge in [-0.3, -0.25) is 14.4 Å². The van der Waals surface area contributed by atoms with Crippen LogP contribution in [0.4, 0.5) is 0 Å². The summed E-state index contributed by atoms with van der Waals surface area (Å²) >= 11 is 0. The molecule has 0 unspecified atom stereocenters. The Morgan fingerprint density at radius 2 is 0.482 bits per heavy atom. The van der Waals surface area contributed by atoms with Crippen LogP contribution < -0.4 is 0 Å². The minimum absolute atomic E-state index is 0.0625. The van der Waals surface area contributed by atoms with Crippen LogP contribution in [0.15, 0.2) is 0 Å². The molecule has 0 fully saturated rings. The van der Waals surface area contributed by atoms with Crippen LogP contribution in [0.5, 0.6) is 0 Å². The van der Waals surface area contributed by atoms with Gasteiger partial charge in [-0.25, -0.2) is 0 Å². The van der Waals surface area contributed by atoms with Gasteiger partial charge in [0.1, 0.15) is 13.2 Å². The van der Waals surface area contributed by atoms with Crippen LogP contribution in [0.1, 0.15) is 284 Å². The van der Waals surface area contributed by atoms with Crippen molar-refractivity contribution in [3.05, 3.63) is 0 Å². The van der Waals surface area contributed by atoms with Crippen molar-refractivity contribution in [1.29, 1.82) is 0 Å². The minimum Gasteiger partial charge on any atom is -0.462 e. The van der Waals surface area contributed by atoms with Gasteiger partial charge < -0.3 is 14.2 Å². The highest BCUT2D eigenvalue weighted by Gasteiger charge is 2.19. The summed E-state index contributed by atoms with van der Waals surface area (Å²) in [6.45, 7) is 6.64. The van der Waals surface area contributed by atoms with E-state index in [0.29, 0.717) is 19.3 Å². The Bertz CT molecular complexity index is 828. The second-order valence-electron chi connectivity index (χ2n) is 17.1. The van der Waals surface area contributed by atoms with E-state index >= 15 is 0 Å². The molecule has 6 nitrogen and oxygen atoms in total. The average Bonchev–Trinajstić information content (AvgIpc) is 3.19. The summed E-state index contributed by atoms with van der Waals surface area (Å²) in [6.07, 6.45) is 48.1. The van der Waals surface area contributed by atoms with E-state index in [1.54, 1.807) is 0 Å². The van der Waals surface area contributed by atoms with Gasteiger partial charge in [0.15, 0.2) is 6.10 Å². The Balaban J connectivity index is 4.17. The van der Waals surface area contributed by atoms with Crippen molar-refractivity contribution in [2.75, 3.05) is 13.2 Å². The summed E-state index contributed by atoms with van der Waals surface area (Å²) in [5.41, 5.74) is 0. The van der Waals surface area contributed by atoms with Crippen molar-refractivity contribution in [1.82, 2.24) is 0 Å². The number of hydrogen-bond acceptors (Lipinski definition) is 6. The fourth-order valence-corrected chi connectivity index (χ4v) is 7.56. The van der Waals surface area contributed by atoms with E-state index < -0.39 is 6.10 Å². The molecule has 0 aliphatic carbocycles. The monoisotopic (exact) mass is 793 g/mol. The highest BCUT2D eigenvalue weighted by Crippen LogP contribution is 2.16. The first-order chi connectivity index (χ1) is 27.5. The normalized spacial score (nSPS) is 11.8. The Morgan fingerprint density at radius 1 is 0.286 bits per heavy atom. The molecule has 0 saturated carbocycles. The van der Waals surface area contributed by atoms with Gasteiger partial charge >= 0.3 is 17.9 Å². The third kappa shape index (κ3) is 43.5. The van der Waals surface area contributed by atoms with E-state index in [1.165, 1.54) is 186 Å². The number of hydrogen-bond donors (Lipinski definition) is 0. The second-order valence-corrected chi connectivity index (χ2v) is 17.1. The number of ether oxygens (including phenoxy) is 3. The van der Waals surface area contributed by atoms with Crippen LogP contribution in [0.2, 0.25) is 0 Å². The van der Waals surface area contributed by atoms with E-state index in [0.717, 1.165) is 57.8 Å². The Labute approximate surface area is 348 Å². The summed E-state index contributed by atoms with van der Waals surface area (Å²) in [5, 5.41) is 0. The highest BCUT2D eigenvalue weighted by atomic mass is 16.6. The molecule has 0 aliphatic rings. The molecule has 0 rings (SSSR count). The lowest BCUT2D eigenvalue weighted by atomic mass is 10.0. The lowest BCUT2D eigenvalue weighted by molar-refractivity contribution is -0.167. The van der Waals surface area contributed by atoms with Crippen molar-refractivity contribution < 1.29 is 28.6 Å². The number of carbonyl (C=O) groups excluding carboxylic acids is 3. The molecule has 0 spiro atoms.